The maximum absolute atomic E-state index is 13.3. The van der Waals surface area contributed by atoms with Crippen LogP contribution in [0.15, 0.2) is 41.8 Å². The lowest BCUT2D eigenvalue weighted by Gasteiger charge is -2.31. The van der Waals surface area contributed by atoms with Crippen molar-refractivity contribution in [1.29, 1.82) is 0 Å². The largest absolute Gasteiger partial charge is 0.497 e. The molecule has 10 nitrogen and oxygen atoms in total. The second-order valence-electron chi connectivity index (χ2n) is 10.3. The predicted octanol–water partition coefficient (Wildman–Crippen LogP) is 4.84. The van der Waals surface area contributed by atoms with E-state index in [9.17, 15) is 9.59 Å². The third-order valence-electron chi connectivity index (χ3n) is 7.51. The molecule has 4 rings (SSSR count). The standard InChI is InChI=1S/C32H41N3O7S/c1-6-42-32(37)24-8-7-14-35(19-24)31(36)26-21-43-30(33-26)20-34(18-23-10-11-25(38-2)17-28(23)40-4)15-13-22-9-12-27(39-3)29(16-22)41-5/h9-12,16-17,21,24H,6-8,13-15,18-20H2,1-5H3/t24-/m1/s1. The quantitative estimate of drug-likeness (QED) is 0.237. The Morgan fingerprint density at radius 1 is 0.977 bits per heavy atom. The monoisotopic (exact) mass is 611 g/mol. The topological polar surface area (TPSA) is 99.7 Å². The van der Waals surface area contributed by atoms with Crippen LogP contribution >= 0.6 is 11.3 Å². The molecule has 0 spiro atoms. The number of ether oxygens (including phenoxy) is 5. The summed E-state index contributed by atoms with van der Waals surface area (Å²) < 4.78 is 27.1. The number of benzene rings is 2. The zero-order valence-electron chi connectivity index (χ0n) is 25.6. The molecule has 1 aliphatic heterocycles. The van der Waals surface area contributed by atoms with Gasteiger partial charge >= 0.3 is 5.97 Å². The summed E-state index contributed by atoms with van der Waals surface area (Å²) in [7, 11) is 6.54. The van der Waals surface area contributed by atoms with Crippen LogP contribution in [0.5, 0.6) is 23.0 Å². The van der Waals surface area contributed by atoms with Gasteiger partial charge in [0, 0.05) is 43.2 Å². The molecule has 3 aromatic rings. The van der Waals surface area contributed by atoms with E-state index >= 15 is 0 Å². The molecule has 0 bridgehead atoms. The molecule has 0 saturated carbocycles. The number of carbonyl (C=O) groups is 2. The molecular formula is C32H41N3O7S. The van der Waals surface area contributed by atoms with Crippen molar-refractivity contribution in [2.45, 2.75) is 39.3 Å². The molecule has 1 fully saturated rings. The molecule has 0 N–H and O–H groups in total. The van der Waals surface area contributed by atoms with E-state index in [2.05, 4.69) is 4.90 Å². The van der Waals surface area contributed by atoms with Crippen molar-refractivity contribution in [3.8, 4) is 23.0 Å². The number of rotatable bonds is 14. The molecule has 2 heterocycles. The lowest BCUT2D eigenvalue weighted by molar-refractivity contribution is -0.149. The van der Waals surface area contributed by atoms with E-state index < -0.39 is 0 Å². The van der Waals surface area contributed by atoms with Crippen molar-refractivity contribution < 1.29 is 33.3 Å². The van der Waals surface area contributed by atoms with Crippen LogP contribution in [0.3, 0.4) is 0 Å². The van der Waals surface area contributed by atoms with Crippen molar-refractivity contribution in [2.24, 2.45) is 5.92 Å². The van der Waals surface area contributed by atoms with Gasteiger partial charge in [-0.2, -0.15) is 0 Å². The number of esters is 1. The molecular weight excluding hydrogens is 570 g/mol. The highest BCUT2D eigenvalue weighted by molar-refractivity contribution is 7.09. The number of hydrogen-bond donors (Lipinski definition) is 0. The number of piperidine rings is 1. The number of aromatic nitrogens is 1. The zero-order valence-corrected chi connectivity index (χ0v) is 26.4. The van der Waals surface area contributed by atoms with Gasteiger partial charge in [-0.05, 0) is 49.9 Å². The third-order valence-corrected chi connectivity index (χ3v) is 8.34. The van der Waals surface area contributed by atoms with Crippen molar-refractivity contribution in [1.82, 2.24) is 14.8 Å². The molecule has 232 valence electrons. The molecule has 1 aromatic heterocycles. The maximum Gasteiger partial charge on any atom is 0.310 e. The molecule has 0 aliphatic carbocycles. The van der Waals surface area contributed by atoms with E-state index in [-0.39, 0.29) is 17.8 Å². The number of methoxy groups -OCH3 is 4. The highest BCUT2D eigenvalue weighted by atomic mass is 32.1. The first-order chi connectivity index (χ1) is 20.9. The van der Waals surface area contributed by atoms with Gasteiger partial charge in [0.15, 0.2) is 11.5 Å². The third kappa shape index (κ3) is 8.39. The van der Waals surface area contributed by atoms with E-state index in [1.54, 1.807) is 40.3 Å². The molecule has 11 heteroatoms. The minimum atomic E-state index is -0.290. The highest BCUT2D eigenvalue weighted by Crippen LogP contribution is 2.29. The minimum Gasteiger partial charge on any atom is -0.497 e. The first kappa shape index (κ1) is 32.1. The highest BCUT2D eigenvalue weighted by Gasteiger charge is 2.30. The van der Waals surface area contributed by atoms with Gasteiger partial charge in [0.2, 0.25) is 0 Å². The Hall–Kier alpha value is -3.83. The van der Waals surface area contributed by atoms with Crippen LogP contribution in [0.25, 0.3) is 0 Å². The average Bonchev–Trinajstić information content (AvgIpc) is 3.51. The van der Waals surface area contributed by atoms with Gasteiger partial charge in [-0.3, -0.25) is 14.5 Å². The first-order valence-electron chi connectivity index (χ1n) is 14.4. The molecule has 1 atom stereocenters. The second-order valence-corrected chi connectivity index (χ2v) is 11.2. The van der Waals surface area contributed by atoms with E-state index in [1.807, 2.05) is 41.8 Å². The van der Waals surface area contributed by atoms with Gasteiger partial charge in [0.25, 0.3) is 5.91 Å². The molecule has 2 aromatic carbocycles. The summed E-state index contributed by atoms with van der Waals surface area (Å²) in [6.45, 7) is 4.98. The Bertz CT molecular complexity index is 1380. The minimum absolute atomic E-state index is 0.148. The van der Waals surface area contributed by atoms with Gasteiger partial charge < -0.3 is 28.6 Å². The van der Waals surface area contributed by atoms with Crippen molar-refractivity contribution in [3.63, 3.8) is 0 Å². The fourth-order valence-electron chi connectivity index (χ4n) is 5.21. The normalized spacial score (nSPS) is 14.8. The Balaban J connectivity index is 1.50. The van der Waals surface area contributed by atoms with Crippen molar-refractivity contribution >= 4 is 23.2 Å². The van der Waals surface area contributed by atoms with Gasteiger partial charge in [0.05, 0.1) is 47.5 Å². The fraction of sp³-hybridized carbons (Fsp3) is 0.469. The first-order valence-corrected chi connectivity index (χ1v) is 15.3. The summed E-state index contributed by atoms with van der Waals surface area (Å²) >= 11 is 1.47. The van der Waals surface area contributed by atoms with E-state index in [0.717, 1.165) is 53.4 Å². The lowest BCUT2D eigenvalue weighted by Crippen LogP contribution is -2.43. The fourth-order valence-corrected chi connectivity index (χ4v) is 6.02. The van der Waals surface area contributed by atoms with Crippen LogP contribution in [0.4, 0.5) is 0 Å². The summed E-state index contributed by atoms with van der Waals surface area (Å²) in [5.74, 6) is 2.17. The van der Waals surface area contributed by atoms with Gasteiger partial charge in [0.1, 0.15) is 22.2 Å². The van der Waals surface area contributed by atoms with E-state index in [4.69, 9.17) is 28.7 Å². The van der Waals surface area contributed by atoms with E-state index in [0.29, 0.717) is 50.0 Å². The summed E-state index contributed by atoms with van der Waals surface area (Å²) in [5, 5.41) is 2.65. The Kier molecular flexibility index (Phi) is 11.6. The Labute approximate surface area is 257 Å². The molecule has 0 unspecified atom stereocenters. The summed E-state index contributed by atoms with van der Waals surface area (Å²) in [4.78, 5) is 34.4. The Morgan fingerprint density at radius 2 is 1.77 bits per heavy atom. The van der Waals surface area contributed by atoms with Crippen LogP contribution in [-0.2, 0) is 29.0 Å². The lowest BCUT2D eigenvalue weighted by atomic mass is 9.98. The number of nitrogens with zero attached hydrogens (tertiary/aromatic N) is 3. The van der Waals surface area contributed by atoms with Crippen LogP contribution in [0.1, 0.15) is 46.4 Å². The average molecular weight is 612 g/mol. The van der Waals surface area contributed by atoms with Crippen LogP contribution < -0.4 is 18.9 Å². The molecule has 1 aliphatic rings. The smallest absolute Gasteiger partial charge is 0.310 e. The zero-order chi connectivity index (χ0) is 30.8. The molecule has 1 saturated heterocycles. The van der Waals surface area contributed by atoms with Crippen molar-refractivity contribution in [2.75, 3.05) is 54.7 Å². The van der Waals surface area contributed by atoms with Crippen LogP contribution in [0.2, 0.25) is 0 Å². The number of hydrogen-bond acceptors (Lipinski definition) is 10. The Morgan fingerprint density at radius 3 is 2.49 bits per heavy atom. The number of carbonyl (C=O) groups excluding carboxylic acids is 2. The maximum atomic E-state index is 13.3. The molecule has 0 radical (unpaired) electrons. The van der Waals surface area contributed by atoms with Gasteiger partial charge in [-0.25, -0.2) is 4.98 Å². The molecule has 43 heavy (non-hydrogen) atoms. The summed E-state index contributed by atoms with van der Waals surface area (Å²) in [5.41, 5.74) is 2.54. The second kappa shape index (κ2) is 15.6. The van der Waals surface area contributed by atoms with E-state index in [1.165, 1.54) is 11.3 Å². The van der Waals surface area contributed by atoms with Gasteiger partial charge in [-0.1, -0.05) is 12.1 Å². The predicted molar refractivity (Wildman–Crippen MR) is 164 cm³/mol. The number of likely N-dealkylation sites (tertiary alicyclic amines) is 1. The SMILES string of the molecule is CCOC(=O)[C@@H]1CCCN(C(=O)c2csc(CN(CCc3ccc(OC)c(OC)c3)Cc3ccc(OC)cc3OC)n2)C1. The van der Waals surface area contributed by atoms with Crippen LogP contribution in [0, 0.1) is 5.92 Å². The van der Waals surface area contributed by atoms with Gasteiger partial charge in [-0.15, -0.1) is 11.3 Å². The number of thiazole rings is 1. The summed E-state index contributed by atoms with van der Waals surface area (Å²) in [6.07, 6.45) is 2.26. The summed E-state index contributed by atoms with van der Waals surface area (Å²) in [6, 6.07) is 11.8. The van der Waals surface area contributed by atoms with Crippen LogP contribution in [-0.4, -0.2) is 81.3 Å². The molecule has 1 amide bonds. The number of amides is 1. The van der Waals surface area contributed by atoms with Crippen molar-refractivity contribution in [3.05, 3.63) is 63.6 Å².